The van der Waals surface area contributed by atoms with E-state index in [1.54, 1.807) is 0 Å². The fourth-order valence-electron chi connectivity index (χ4n) is 4.17. The molecule has 0 bridgehead atoms. The molecule has 120 valence electrons. The van der Waals surface area contributed by atoms with Gasteiger partial charge in [0.25, 0.3) is 0 Å². The molecule has 3 heteroatoms. The number of aliphatic hydroxyl groups is 1. The summed E-state index contributed by atoms with van der Waals surface area (Å²) in [6.45, 7) is 5.78. The van der Waals surface area contributed by atoms with E-state index in [0.29, 0.717) is 6.42 Å². The summed E-state index contributed by atoms with van der Waals surface area (Å²) in [5, 5.41) is 10.3. The number of carbonyl (C=O) groups is 1. The van der Waals surface area contributed by atoms with Gasteiger partial charge in [-0.25, -0.2) is 0 Å². The summed E-state index contributed by atoms with van der Waals surface area (Å²) in [6.07, 6.45) is 5.43. The zero-order chi connectivity index (χ0) is 15.7. The van der Waals surface area contributed by atoms with Gasteiger partial charge in [0.1, 0.15) is 0 Å². The molecule has 1 aliphatic heterocycles. The summed E-state index contributed by atoms with van der Waals surface area (Å²) < 4.78 is 0. The van der Waals surface area contributed by atoms with Crippen molar-refractivity contribution in [3.63, 3.8) is 0 Å². The van der Waals surface area contributed by atoms with Gasteiger partial charge in [0.15, 0.2) is 0 Å². The van der Waals surface area contributed by atoms with Crippen LogP contribution in [0.3, 0.4) is 0 Å². The van der Waals surface area contributed by atoms with Crippen molar-refractivity contribution in [2.24, 2.45) is 5.41 Å². The maximum atomic E-state index is 12.7. The van der Waals surface area contributed by atoms with Crippen molar-refractivity contribution in [2.75, 3.05) is 13.1 Å². The first-order chi connectivity index (χ1) is 10.5. The molecule has 1 N–H and O–H groups in total. The molecule has 1 saturated carbocycles. The molecule has 3 nitrogen and oxygen atoms in total. The second kappa shape index (κ2) is 6.04. The maximum Gasteiger partial charge on any atom is 0.227 e. The normalized spacial score (nSPS) is 28.3. The lowest BCUT2D eigenvalue weighted by molar-refractivity contribution is -0.135. The van der Waals surface area contributed by atoms with Crippen LogP contribution in [-0.2, 0) is 11.2 Å². The average molecular weight is 301 g/mol. The van der Waals surface area contributed by atoms with Crippen LogP contribution < -0.4 is 0 Å². The van der Waals surface area contributed by atoms with Crippen LogP contribution in [0.1, 0.15) is 48.8 Å². The van der Waals surface area contributed by atoms with E-state index in [1.807, 2.05) is 4.90 Å². The van der Waals surface area contributed by atoms with Crippen LogP contribution in [0.4, 0.5) is 0 Å². The van der Waals surface area contributed by atoms with Crippen molar-refractivity contribution < 1.29 is 9.90 Å². The van der Waals surface area contributed by atoms with E-state index in [9.17, 15) is 9.90 Å². The van der Waals surface area contributed by atoms with Crippen LogP contribution in [0.15, 0.2) is 18.2 Å². The standard InChI is InChI=1S/C19H27NO2/c1-14-6-7-16(11-15(14)2)12-18(22)20-10-4-9-19(13-20)8-3-5-17(19)21/h6-7,11,17,21H,3-5,8-10,12-13H2,1-2H3/t17-,19-/m1/s1. The number of hydrogen-bond acceptors (Lipinski definition) is 2. The molecule has 1 spiro atoms. The Bertz CT molecular complexity index is 569. The zero-order valence-corrected chi connectivity index (χ0v) is 13.8. The number of aryl methyl sites for hydroxylation is 2. The van der Waals surface area contributed by atoms with Crippen LogP contribution in [0.25, 0.3) is 0 Å². The van der Waals surface area contributed by atoms with Gasteiger partial charge in [0.05, 0.1) is 12.5 Å². The van der Waals surface area contributed by atoms with Gasteiger partial charge in [0.2, 0.25) is 5.91 Å². The Morgan fingerprint density at radius 3 is 2.73 bits per heavy atom. The predicted molar refractivity (Wildman–Crippen MR) is 87.7 cm³/mol. The van der Waals surface area contributed by atoms with Gasteiger partial charge in [-0.1, -0.05) is 24.6 Å². The van der Waals surface area contributed by atoms with Gasteiger partial charge >= 0.3 is 0 Å². The largest absolute Gasteiger partial charge is 0.392 e. The minimum atomic E-state index is -0.218. The van der Waals surface area contributed by atoms with Gasteiger partial charge < -0.3 is 10.0 Å². The number of nitrogens with zero attached hydrogens (tertiary/aromatic N) is 1. The monoisotopic (exact) mass is 301 g/mol. The summed E-state index contributed by atoms with van der Waals surface area (Å²) in [5.74, 6) is 0.210. The molecule has 1 saturated heterocycles. The number of hydrogen-bond donors (Lipinski definition) is 1. The molecule has 1 aromatic rings. The number of aliphatic hydroxyl groups excluding tert-OH is 1. The fraction of sp³-hybridized carbons (Fsp3) is 0.632. The molecule has 0 aromatic heterocycles. The Morgan fingerprint density at radius 2 is 2.05 bits per heavy atom. The predicted octanol–water partition coefficient (Wildman–Crippen LogP) is 3.00. The van der Waals surface area contributed by atoms with Crippen LogP contribution in [0.2, 0.25) is 0 Å². The maximum absolute atomic E-state index is 12.7. The lowest BCUT2D eigenvalue weighted by atomic mass is 9.76. The third-order valence-corrected chi connectivity index (χ3v) is 5.75. The van der Waals surface area contributed by atoms with Gasteiger partial charge in [-0.3, -0.25) is 4.79 Å². The number of rotatable bonds is 2. The lowest BCUT2D eigenvalue weighted by Crippen LogP contribution is -2.49. The fourth-order valence-corrected chi connectivity index (χ4v) is 4.17. The Hall–Kier alpha value is -1.35. The molecule has 1 aromatic carbocycles. The molecule has 1 aliphatic carbocycles. The molecule has 3 rings (SSSR count). The average Bonchev–Trinajstić information content (AvgIpc) is 2.83. The highest BCUT2D eigenvalue weighted by Gasteiger charge is 2.45. The molecule has 1 amide bonds. The number of amides is 1. The molecular formula is C19H27NO2. The highest BCUT2D eigenvalue weighted by atomic mass is 16.3. The van der Waals surface area contributed by atoms with E-state index in [-0.39, 0.29) is 17.4 Å². The Labute approximate surface area is 133 Å². The molecule has 2 atom stereocenters. The third kappa shape index (κ3) is 2.91. The van der Waals surface area contributed by atoms with Crippen LogP contribution in [0, 0.1) is 19.3 Å². The minimum absolute atomic E-state index is 0.0168. The van der Waals surface area contributed by atoms with Crippen molar-refractivity contribution in [2.45, 2.75) is 58.5 Å². The first-order valence-corrected chi connectivity index (χ1v) is 8.52. The SMILES string of the molecule is Cc1ccc(CC(=O)N2CCC[C@]3(CCC[C@H]3O)C2)cc1C. The Kier molecular flexibility index (Phi) is 4.26. The first kappa shape index (κ1) is 15.5. The molecular weight excluding hydrogens is 274 g/mol. The molecule has 0 unspecified atom stereocenters. The smallest absolute Gasteiger partial charge is 0.227 e. The number of carbonyl (C=O) groups excluding carboxylic acids is 1. The summed E-state index contributed by atoms with van der Waals surface area (Å²) in [6, 6.07) is 6.28. The summed E-state index contributed by atoms with van der Waals surface area (Å²) in [5.41, 5.74) is 3.59. The van der Waals surface area contributed by atoms with E-state index in [0.717, 1.165) is 50.8 Å². The zero-order valence-electron chi connectivity index (χ0n) is 13.8. The van der Waals surface area contributed by atoms with Crippen molar-refractivity contribution in [3.05, 3.63) is 34.9 Å². The summed E-state index contributed by atoms with van der Waals surface area (Å²) in [4.78, 5) is 14.6. The minimum Gasteiger partial charge on any atom is -0.392 e. The first-order valence-electron chi connectivity index (χ1n) is 8.52. The van der Waals surface area contributed by atoms with Gasteiger partial charge in [-0.2, -0.15) is 0 Å². The number of piperidine rings is 1. The topological polar surface area (TPSA) is 40.5 Å². The molecule has 0 radical (unpaired) electrons. The second-order valence-corrected chi connectivity index (χ2v) is 7.28. The van der Waals surface area contributed by atoms with Crippen molar-refractivity contribution >= 4 is 5.91 Å². The third-order valence-electron chi connectivity index (χ3n) is 5.75. The van der Waals surface area contributed by atoms with Crippen molar-refractivity contribution in [1.82, 2.24) is 4.90 Å². The molecule has 2 aliphatic rings. The van der Waals surface area contributed by atoms with E-state index in [4.69, 9.17) is 0 Å². The van der Waals surface area contributed by atoms with E-state index < -0.39 is 0 Å². The Balaban J connectivity index is 1.68. The van der Waals surface area contributed by atoms with E-state index in [2.05, 4.69) is 32.0 Å². The summed E-state index contributed by atoms with van der Waals surface area (Å²) in [7, 11) is 0. The highest BCUT2D eigenvalue weighted by molar-refractivity contribution is 5.79. The molecule has 1 heterocycles. The van der Waals surface area contributed by atoms with Crippen LogP contribution >= 0.6 is 0 Å². The van der Waals surface area contributed by atoms with E-state index >= 15 is 0 Å². The Morgan fingerprint density at radius 1 is 1.27 bits per heavy atom. The highest BCUT2D eigenvalue weighted by Crippen LogP contribution is 2.45. The number of likely N-dealkylation sites (tertiary alicyclic amines) is 1. The second-order valence-electron chi connectivity index (χ2n) is 7.28. The lowest BCUT2D eigenvalue weighted by Gasteiger charge is -2.42. The van der Waals surface area contributed by atoms with Crippen molar-refractivity contribution in [1.29, 1.82) is 0 Å². The van der Waals surface area contributed by atoms with E-state index in [1.165, 1.54) is 11.1 Å². The van der Waals surface area contributed by atoms with Crippen LogP contribution in [-0.4, -0.2) is 35.1 Å². The quantitative estimate of drug-likeness (QED) is 0.912. The summed E-state index contributed by atoms with van der Waals surface area (Å²) >= 11 is 0. The number of benzene rings is 1. The van der Waals surface area contributed by atoms with Gasteiger partial charge in [-0.05, 0) is 56.2 Å². The van der Waals surface area contributed by atoms with Gasteiger partial charge in [-0.15, -0.1) is 0 Å². The van der Waals surface area contributed by atoms with Gasteiger partial charge in [0, 0.05) is 18.5 Å². The molecule has 22 heavy (non-hydrogen) atoms. The molecule has 2 fully saturated rings. The van der Waals surface area contributed by atoms with Crippen molar-refractivity contribution in [3.8, 4) is 0 Å². The van der Waals surface area contributed by atoms with Crippen LogP contribution in [0.5, 0.6) is 0 Å².